The third-order valence-electron chi connectivity index (χ3n) is 1.67. The lowest BCUT2D eigenvalue weighted by atomic mass is 10.3. The summed E-state index contributed by atoms with van der Waals surface area (Å²) in [6, 6.07) is 0. The molecule has 0 spiro atoms. The highest BCUT2D eigenvalue weighted by Gasteiger charge is 2.23. The van der Waals surface area contributed by atoms with Crippen molar-refractivity contribution < 1.29 is 14.8 Å². The van der Waals surface area contributed by atoms with Crippen LogP contribution in [0.3, 0.4) is 0 Å². The monoisotopic (exact) mass is 229 g/mol. The van der Waals surface area contributed by atoms with Crippen molar-refractivity contribution in [1.82, 2.24) is 9.97 Å². The highest BCUT2D eigenvalue weighted by Crippen LogP contribution is 2.28. The fourth-order valence-electron chi connectivity index (χ4n) is 1.06. The van der Waals surface area contributed by atoms with Crippen molar-refractivity contribution in [2.75, 3.05) is 18.6 Å². The molecule has 0 saturated heterocycles. The van der Waals surface area contributed by atoms with Gasteiger partial charge in [-0.3, -0.25) is 15.5 Å². The van der Waals surface area contributed by atoms with Crippen molar-refractivity contribution in [3.63, 3.8) is 0 Å². The fourth-order valence-corrected chi connectivity index (χ4v) is 1.06. The molecule has 9 heteroatoms. The van der Waals surface area contributed by atoms with Crippen molar-refractivity contribution >= 4 is 11.6 Å². The number of hydrogen-bond acceptors (Lipinski definition) is 8. The third-order valence-corrected chi connectivity index (χ3v) is 1.67. The van der Waals surface area contributed by atoms with E-state index in [1.165, 1.54) is 6.92 Å². The molecule has 16 heavy (non-hydrogen) atoms. The minimum atomic E-state index is -0.650. The maximum Gasteiger partial charge on any atom is 0.352 e. The van der Waals surface area contributed by atoms with E-state index in [9.17, 15) is 10.1 Å². The molecule has 1 aromatic heterocycles. The van der Waals surface area contributed by atoms with E-state index < -0.39 is 4.92 Å². The van der Waals surface area contributed by atoms with Gasteiger partial charge >= 0.3 is 5.69 Å². The number of anilines is 1. The normalized spacial score (nSPS) is 9.94. The van der Waals surface area contributed by atoms with Crippen LogP contribution in [-0.4, -0.2) is 33.2 Å². The lowest BCUT2D eigenvalue weighted by Crippen LogP contribution is -2.14. The molecule has 0 saturated carbocycles. The van der Waals surface area contributed by atoms with Crippen LogP contribution < -0.4 is 16.0 Å². The predicted molar refractivity (Wildman–Crippen MR) is 53.8 cm³/mol. The van der Waals surface area contributed by atoms with Gasteiger partial charge in [-0.2, -0.15) is 4.98 Å². The highest BCUT2D eigenvalue weighted by atomic mass is 16.6. The number of nitrogens with one attached hydrogen (secondary N) is 1. The van der Waals surface area contributed by atoms with E-state index in [0.717, 1.165) is 0 Å². The lowest BCUT2D eigenvalue weighted by Gasteiger charge is -2.07. The number of nitro groups is 1. The summed E-state index contributed by atoms with van der Waals surface area (Å²) in [5.41, 5.74) is 1.95. The zero-order valence-electron chi connectivity index (χ0n) is 8.51. The largest absolute Gasteiger partial charge is 0.470 e. The molecule has 1 heterocycles. The van der Waals surface area contributed by atoms with Gasteiger partial charge in [0.05, 0.1) is 11.5 Å². The molecule has 0 radical (unpaired) electrons. The Hall–Kier alpha value is -2.00. The summed E-state index contributed by atoms with van der Waals surface area (Å²) >= 11 is 0. The first-order valence-corrected chi connectivity index (χ1v) is 4.33. The molecule has 1 rings (SSSR count). The summed E-state index contributed by atoms with van der Waals surface area (Å²) < 4.78 is 4.93. The number of aliphatic hydroxyl groups is 1. The Bertz CT molecular complexity index is 397. The lowest BCUT2D eigenvalue weighted by molar-refractivity contribution is -0.387. The van der Waals surface area contributed by atoms with Gasteiger partial charge in [-0.15, -0.1) is 0 Å². The third kappa shape index (κ3) is 2.52. The molecule has 4 N–H and O–H groups in total. The molecule has 0 fully saturated rings. The topological polar surface area (TPSA) is 136 Å². The van der Waals surface area contributed by atoms with Gasteiger partial charge < -0.3 is 9.84 Å². The average molecular weight is 229 g/mol. The van der Waals surface area contributed by atoms with E-state index in [1.807, 2.05) is 0 Å². The summed E-state index contributed by atoms with van der Waals surface area (Å²) in [5.74, 6) is 4.88. The zero-order valence-corrected chi connectivity index (χ0v) is 8.51. The molecule has 1 aromatic rings. The Kier molecular flexibility index (Phi) is 3.91. The summed E-state index contributed by atoms with van der Waals surface area (Å²) in [5, 5.41) is 19.3. The number of nitrogen functional groups attached to an aromatic ring is 1. The number of aliphatic hydroxyl groups excluding tert-OH is 1. The van der Waals surface area contributed by atoms with Crippen LogP contribution in [-0.2, 0) is 0 Å². The standard InChI is InChI=1S/C7H11N5O4/c1-4-5(12(14)15)6(16-3-2-13)10-7(9-4)11-8/h13H,2-3,8H2,1H3,(H,9,10,11). The van der Waals surface area contributed by atoms with Crippen LogP contribution in [0.5, 0.6) is 5.88 Å². The first-order valence-electron chi connectivity index (χ1n) is 4.33. The highest BCUT2D eigenvalue weighted by molar-refractivity contribution is 5.48. The number of nitrogens with two attached hydrogens (primary N) is 1. The van der Waals surface area contributed by atoms with Crippen molar-refractivity contribution in [3.8, 4) is 5.88 Å². The predicted octanol–water partition coefficient (Wildman–Crippen LogP) is -0.650. The van der Waals surface area contributed by atoms with Crippen LogP contribution in [0.15, 0.2) is 0 Å². The molecule has 0 bridgehead atoms. The molecular weight excluding hydrogens is 218 g/mol. The molecule has 88 valence electrons. The van der Waals surface area contributed by atoms with E-state index in [1.54, 1.807) is 0 Å². The Morgan fingerprint density at radius 1 is 1.62 bits per heavy atom. The van der Waals surface area contributed by atoms with E-state index in [4.69, 9.17) is 15.7 Å². The van der Waals surface area contributed by atoms with Crippen molar-refractivity contribution in [2.24, 2.45) is 5.84 Å². The van der Waals surface area contributed by atoms with Crippen LogP contribution in [0.25, 0.3) is 0 Å². The van der Waals surface area contributed by atoms with Crippen LogP contribution in [0.1, 0.15) is 5.69 Å². The van der Waals surface area contributed by atoms with Gasteiger partial charge in [0.15, 0.2) is 0 Å². The summed E-state index contributed by atoms with van der Waals surface area (Å²) in [6.07, 6.45) is 0. The zero-order chi connectivity index (χ0) is 12.1. The van der Waals surface area contributed by atoms with E-state index in [0.29, 0.717) is 0 Å². The van der Waals surface area contributed by atoms with Crippen LogP contribution in [0.2, 0.25) is 0 Å². The number of nitrogens with zero attached hydrogens (tertiary/aromatic N) is 3. The molecule has 0 aliphatic rings. The number of aromatic nitrogens is 2. The van der Waals surface area contributed by atoms with Gasteiger partial charge in [0.2, 0.25) is 5.95 Å². The van der Waals surface area contributed by atoms with Gasteiger partial charge in [0, 0.05) is 0 Å². The molecule has 0 atom stereocenters. The number of aryl methyl sites for hydroxylation is 1. The van der Waals surface area contributed by atoms with E-state index in [-0.39, 0.29) is 36.4 Å². The molecule has 0 unspecified atom stereocenters. The number of ether oxygens (including phenoxy) is 1. The molecular formula is C7H11N5O4. The first-order chi connectivity index (χ1) is 7.60. The van der Waals surface area contributed by atoms with Crippen molar-refractivity contribution in [2.45, 2.75) is 6.92 Å². The summed E-state index contributed by atoms with van der Waals surface area (Å²) in [4.78, 5) is 17.5. The van der Waals surface area contributed by atoms with Crippen LogP contribution in [0.4, 0.5) is 11.6 Å². The SMILES string of the molecule is Cc1nc(NN)nc(OCCO)c1[N+](=O)[O-]. The Morgan fingerprint density at radius 3 is 2.81 bits per heavy atom. The number of hydrogen-bond donors (Lipinski definition) is 3. The fraction of sp³-hybridized carbons (Fsp3) is 0.429. The van der Waals surface area contributed by atoms with Gasteiger partial charge in [-0.25, -0.2) is 10.8 Å². The summed E-state index contributed by atoms with van der Waals surface area (Å²) in [6.45, 7) is 1.07. The first kappa shape index (κ1) is 12.1. The second-order valence-electron chi connectivity index (χ2n) is 2.76. The Balaban J connectivity index is 3.17. The Labute approximate surface area is 90.4 Å². The molecule has 0 aromatic carbocycles. The minimum Gasteiger partial charge on any atom is -0.470 e. The minimum absolute atomic E-state index is 0.0102. The smallest absolute Gasteiger partial charge is 0.352 e. The van der Waals surface area contributed by atoms with Crippen molar-refractivity contribution in [3.05, 3.63) is 15.8 Å². The maximum absolute atomic E-state index is 10.7. The number of hydrazine groups is 1. The second kappa shape index (κ2) is 5.19. The molecule has 0 aliphatic heterocycles. The van der Waals surface area contributed by atoms with Crippen molar-refractivity contribution in [1.29, 1.82) is 0 Å². The van der Waals surface area contributed by atoms with Gasteiger partial charge in [-0.1, -0.05) is 0 Å². The van der Waals surface area contributed by atoms with Crippen LogP contribution >= 0.6 is 0 Å². The second-order valence-corrected chi connectivity index (χ2v) is 2.76. The van der Waals surface area contributed by atoms with Gasteiger partial charge in [-0.05, 0) is 6.92 Å². The molecule has 9 nitrogen and oxygen atoms in total. The molecule has 0 amide bonds. The quantitative estimate of drug-likeness (QED) is 0.344. The molecule has 0 aliphatic carbocycles. The van der Waals surface area contributed by atoms with Crippen LogP contribution in [0, 0.1) is 17.0 Å². The van der Waals surface area contributed by atoms with E-state index in [2.05, 4.69) is 15.4 Å². The van der Waals surface area contributed by atoms with E-state index >= 15 is 0 Å². The van der Waals surface area contributed by atoms with Gasteiger partial charge in [0.1, 0.15) is 12.3 Å². The van der Waals surface area contributed by atoms with Gasteiger partial charge in [0.25, 0.3) is 5.88 Å². The Morgan fingerprint density at radius 2 is 2.31 bits per heavy atom. The number of rotatable bonds is 5. The summed E-state index contributed by atoms with van der Waals surface area (Å²) in [7, 11) is 0. The average Bonchev–Trinajstić information content (AvgIpc) is 2.24. The maximum atomic E-state index is 10.7.